The fourth-order valence-corrected chi connectivity index (χ4v) is 2.74. The highest BCUT2D eigenvalue weighted by Gasteiger charge is 2.36. The molecule has 2 atom stereocenters. The first-order valence-electron chi connectivity index (χ1n) is 6.72. The number of carbonyl (C=O) groups is 1. The van der Waals surface area contributed by atoms with Crippen LogP contribution in [-0.4, -0.2) is 22.8 Å². The van der Waals surface area contributed by atoms with Gasteiger partial charge in [0, 0.05) is 23.6 Å². The first kappa shape index (κ1) is 13.5. The van der Waals surface area contributed by atoms with Crippen LogP contribution in [0.25, 0.3) is 0 Å². The Bertz CT molecular complexity index is 631. The van der Waals surface area contributed by atoms with Crippen molar-refractivity contribution < 1.29 is 9.21 Å². The Morgan fingerprint density at radius 2 is 2.30 bits per heavy atom. The van der Waals surface area contributed by atoms with Crippen molar-refractivity contribution >= 4 is 21.8 Å². The van der Waals surface area contributed by atoms with Gasteiger partial charge in [-0.05, 0) is 46.5 Å². The minimum absolute atomic E-state index is 0.0477. The van der Waals surface area contributed by atoms with E-state index in [9.17, 15) is 4.79 Å². The molecule has 0 spiro atoms. The van der Waals surface area contributed by atoms with E-state index in [0.717, 1.165) is 21.9 Å². The Morgan fingerprint density at radius 1 is 1.55 bits per heavy atom. The molecule has 4 nitrogen and oxygen atoms in total. The molecule has 1 aliphatic carbocycles. The number of H-pyrrole nitrogens is 1. The van der Waals surface area contributed by atoms with Crippen LogP contribution in [0.15, 0.2) is 33.3 Å². The number of amides is 1. The smallest absolute Gasteiger partial charge is 0.270 e. The topological polar surface area (TPSA) is 49.2 Å². The normalized spacial score (nSPS) is 20.9. The lowest BCUT2D eigenvalue weighted by molar-refractivity contribution is 0.0769. The van der Waals surface area contributed by atoms with Crippen LogP contribution in [0.2, 0.25) is 0 Å². The summed E-state index contributed by atoms with van der Waals surface area (Å²) < 4.78 is 6.70. The lowest BCUT2D eigenvalue weighted by Gasteiger charge is -2.14. The van der Waals surface area contributed by atoms with Gasteiger partial charge in [0.2, 0.25) is 0 Å². The summed E-state index contributed by atoms with van der Waals surface area (Å²) in [6, 6.07) is 5.78. The minimum Gasteiger partial charge on any atom is -0.464 e. The summed E-state index contributed by atoms with van der Waals surface area (Å²) in [5.41, 5.74) is 0.571. The van der Waals surface area contributed by atoms with Gasteiger partial charge in [0.25, 0.3) is 5.91 Å². The average Bonchev–Trinajstić information content (AvgIpc) is 2.80. The second-order valence-electron chi connectivity index (χ2n) is 5.52. The summed E-state index contributed by atoms with van der Waals surface area (Å²) >= 11 is 3.33. The highest BCUT2D eigenvalue weighted by atomic mass is 79.9. The molecule has 0 saturated heterocycles. The molecular weight excluding hydrogens is 320 g/mol. The molecule has 1 N–H and O–H groups in total. The van der Waals surface area contributed by atoms with Crippen LogP contribution in [0.1, 0.15) is 41.3 Å². The van der Waals surface area contributed by atoms with E-state index in [2.05, 4.69) is 27.8 Å². The van der Waals surface area contributed by atoms with Crippen LogP contribution in [0.4, 0.5) is 0 Å². The third-order valence-electron chi connectivity index (χ3n) is 3.78. The molecule has 20 heavy (non-hydrogen) atoms. The van der Waals surface area contributed by atoms with Crippen LogP contribution in [0.3, 0.4) is 0 Å². The summed E-state index contributed by atoms with van der Waals surface area (Å²) in [5, 5.41) is 0. The lowest BCUT2D eigenvalue weighted by Crippen LogP contribution is -2.26. The number of nitrogens with zero attached hydrogens (tertiary/aromatic N) is 1. The third kappa shape index (κ3) is 2.68. The van der Waals surface area contributed by atoms with Gasteiger partial charge in [-0.2, -0.15) is 0 Å². The van der Waals surface area contributed by atoms with Crippen molar-refractivity contribution in [3.63, 3.8) is 0 Å². The Labute approximate surface area is 126 Å². The zero-order valence-corrected chi connectivity index (χ0v) is 13.1. The molecule has 2 aromatic rings. The zero-order chi connectivity index (χ0) is 14.3. The molecule has 106 valence electrons. The van der Waals surface area contributed by atoms with Gasteiger partial charge < -0.3 is 14.3 Å². The monoisotopic (exact) mass is 336 g/mol. The van der Waals surface area contributed by atoms with Crippen molar-refractivity contribution in [2.24, 2.45) is 5.92 Å². The maximum absolute atomic E-state index is 12.2. The molecule has 1 saturated carbocycles. The molecule has 0 aromatic carbocycles. The number of aromatic amines is 1. The van der Waals surface area contributed by atoms with Crippen LogP contribution in [0.5, 0.6) is 0 Å². The number of nitrogens with one attached hydrogen (secondary N) is 1. The molecular formula is C15H17BrN2O2. The number of furan rings is 1. The Kier molecular flexibility index (Phi) is 3.46. The van der Waals surface area contributed by atoms with Crippen molar-refractivity contribution in [2.75, 3.05) is 7.05 Å². The fraction of sp³-hybridized carbons (Fsp3) is 0.400. The summed E-state index contributed by atoms with van der Waals surface area (Å²) in [4.78, 5) is 16.8. The van der Waals surface area contributed by atoms with Crippen LogP contribution >= 0.6 is 15.9 Å². The van der Waals surface area contributed by atoms with Crippen LogP contribution in [-0.2, 0) is 6.54 Å². The summed E-state index contributed by atoms with van der Waals surface area (Å²) in [5.74, 6) is 3.14. The van der Waals surface area contributed by atoms with E-state index in [1.807, 2.05) is 12.1 Å². The lowest BCUT2D eigenvalue weighted by atomic mass is 10.3. The van der Waals surface area contributed by atoms with Gasteiger partial charge in [0.1, 0.15) is 17.2 Å². The first-order valence-corrected chi connectivity index (χ1v) is 7.52. The van der Waals surface area contributed by atoms with Gasteiger partial charge in [-0.25, -0.2) is 0 Å². The van der Waals surface area contributed by atoms with Crippen molar-refractivity contribution in [2.45, 2.75) is 25.8 Å². The zero-order valence-electron chi connectivity index (χ0n) is 11.5. The van der Waals surface area contributed by atoms with E-state index in [4.69, 9.17) is 4.42 Å². The highest BCUT2D eigenvalue weighted by Crippen LogP contribution is 2.47. The molecule has 1 fully saturated rings. The predicted octanol–water partition coefficient (Wildman–Crippen LogP) is 3.77. The van der Waals surface area contributed by atoms with Gasteiger partial charge in [-0.3, -0.25) is 4.79 Å². The fourth-order valence-electron chi connectivity index (χ4n) is 2.40. The molecule has 1 aliphatic rings. The van der Waals surface area contributed by atoms with E-state index < -0.39 is 0 Å². The van der Waals surface area contributed by atoms with Gasteiger partial charge in [0.05, 0.1) is 6.54 Å². The van der Waals surface area contributed by atoms with Gasteiger partial charge in [-0.15, -0.1) is 0 Å². The van der Waals surface area contributed by atoms with E-state index in [0.29, 0.717) is 18.2 Å². The quantitative estimate of drug-likeness (QED) is 0.923. The predicted molar refractivity (Wildman–Crippen MR) is 79.5 cm³/mol. The largest absolute Gasteiger partial charge is 0.464 e. The number of carbonyl (C=O) groups excluding carboxylic acids is 1. The maximum atomic E-state index is 12.2. The standard InChI is InChI=1S/C15H17BrN2O2/c1-9-5-12(9)14-4-3-11(20-14)8-18(2)15(19)13-6-10(16)7-17-13/h3-4,6-7,9,12,17H,5,8H2,1-2H3. The summed E-state index contributed by atoms with van der Waals surface area (Å²) in [6.07, 6.45) is 2.96. The van der Waals surface area contributed by atoms with Crippen molar-refractivity contribution in [1.29, 1.82) is 0 Å². The number of rotatable bonds is 4. The highest BCUT2D eigenvalue weighted by molar-refractivity contribution is 9.10. The molecule has 2 heterocycles. The molecule has 3 rings (SSSR count). The van der Waals surface area contributed by atoms with Crippen molar-refractivity contribution in [1.82, 2.24) is 9.88 Å². The Balaban J connectivity index is 1.65. The number of aromatic nitrogens is 1. The molecule has 2 aromatic heterocycles. The molecule has 2 unspecified atom stereocenters. The third-order valence-corrected chi connectivity index (χ3v) is 4.23. The van der Waals surface area contributed by atoms with Gasteiger partial charge in [-0.1, -0.05) is 6.92 Å². The van der Waals surface area contributed by atoms with Crippen molar-refractivity contribution in [3.8, 4) is 0 Å². The summed E-state index contributed by atoms with van der Waals surface area (Å²) in [6.45, 7) is 2.71. The van der Waals surface area contributed by atoms with Gasteiger partial charge >= 0.3 is 0 Å². The molecule has 1 amide bonds. The average molecular weight is 337 g/mol. The molecule has 0 aliphatic heterocycles. The van der Waals surface area contributed by atoms with E-state index in [-0.39, 0.29) is 5.91 Å². The minimum atomic E-state index is -0.0477. The van der Waals surface area contributed by atoms with Crippen LogP contribution in [0, 0.1) is 5.92 Å². The Morgan fingerprint density at radius 3 is 2.90 bits per heavy atom. The SMILES string of the molecule is CC1CC1c1ccc(CN(C)C(=O)c2cc(Br)c[nH]2)o1. The summed E-state index contributed by atoms with van der Waals surface area (Å²) in [7, 11) is 1.78. The number of hydrogen-bond acceptors (Lipinski definition) is 2. The molecule has 0 bridgehead atoms. The van der Waals surface area contributed by atoms with E-state index >= 15 is 0 Å². The second-order valence-corrected chi connectivity index (χ2v) is 6.43. The van der Waals surface area contributed by atoms with E-state index in [1.165, 1.54) is 6.42 Å². The molecule has 5 heteroatoms. The number of hydrogen-bond donors (Lipinski definition) is 1. The van der Waals surface area contributed by atoms with Gasteiger partial charge in [0.15, 0.2) is 0 Å². The second kappa shape index (κ2) is 5.13. The Hall–Kier alpha value is -1.49. The van der Waals surface area contributed by atoms with E-state index in [1.54, 1.807) is 24.2 Å². The molecule has 0 radical (unpaired) electrons. The maximum Gasteiger partial charge on any atom is 0.270 e. The van der Waals surface area contributed by atoms with Crippen molar-refractivity contribution in [3.05, 3.63) is 46.1 Å². The van der Waals surface area contributed by atoms with Crippen LogP contribution < -0.4 is 0 Å². The number of halogens is 1. The first-order chi connectivity index (χ1) is 9.54.